The summed E-state index contributed by atoms with van der Waals surface area (Å²) in [4.78, 5) is 11.9. The van der Waals surface area contributed by atoms with Crippen molar-refractivity contribution in [2.24, 2.45) is 5.92 Å². The molecule has 1 aliphatic rings. The van der Waals surface area contributed by atoms with Gasteiger partial charge in [-0.3, -0.25) is 4.79 Å². The van der Waals surface area contributed by atoms with Crippen molar-refractivity contribution in [3.05, 3.63) is 35.9 Å². The molecule has 0 spiro atoms. The summed E-state index contributed by atoms with van der Waals surface area (Å²) in [5.41, 5.74) is 1.29. The van der Waals surface area contributed by atoms with E-state index in [9.17, 15) is 4.79 Å². The smallest absolute Gasteiger partial charge is 0.223 e. The summed E-state index contributed by atoms with van der Waals surface area (Å²) in [7, 11) is 0. The Labute approximate surface area is 111 Å². The third-order valence-corrected chi connectivity index (χ3v) is 3.74. The summed E-state index contributed by atoms with van der Waals surface area (Å²) in [6.45, 7) is 2.05. The number of carbonyl (C=O) groups is 1. The topological polar surface area (TPSA) is 29.1 Å². The van der Waals surface area contributed by atoms with Crippen molar-refractivity contribution in [2.45, 2.75) is 31.7 Å². The van der Waals surface area contributed by atoms with Crippen LogP contribution in [-0.2, 0) is 4.79 Å². The number of benzene rings is 1. The van der Waals surface area contributed by atoms with Gasteiger partial charge in [0.2, 0.25) is 5.91 Å². The normalized spacial score (nSPS) is 24.1. The Balaban J connectivity index is 1.84. The van der Waals surface area contributed by atoms with Gasteiger partial charge in [-0.25, -0.2) is 0 Å². The van der Waals surface area contributed by atoms with Crippen LogP contribution in [0, 0.1) is 5.92 Å². The summed E-state index contributed by atoms with van der Waals surface area (Å²) >= 11 is 3.39. The number of nitrogens with one attached hydrogen (secondary N) is 1. The lowest BCUT2D eigenvalue weighted by Gasteiger charge is -2.12. The maximum absolute atomic E-state index is 11.9. The molecule has 1 aromatic carbocycles. The maximum Gasteiger partial charge on any atom is 0.223 e. The Morgan fingerprint density at radius 3 is 2.82 bits per heavy atom. The first-order valence-electron chi connectivity index (χ1n) is 6.13. The second-order valence-electron chi connectivity index (χ2n) is 4.75. The molecular formula is C14H18BrNO. The SMILES string of the molecule is CC(CCBr)NC(=O)C1CC1c1ccccc1. The lowest BCUT2D eigenvalue weighted by atomic mass is 10.1. The first-order valence-corrected chi connectivity index (χ1v) is 7.25. The molecule has 92 valence electrons. The maximum atomic E-state index is 11.9. The Bertz CT molecular complexity index is 379. The summed E-state index contributed by atoms with van der Waals surface area (Å²) in [5, 5.41) is 4.01. The Hall–Kier alpha value is -0.830. The van der Waals surface area contributed by atoms with Gasteiger partial charge < -0.3 is 5.32 Å². The van der Waals surface area contributed by atoms with Crippen LogP contribution in [0.4, 0.5) is 0 Å². The van der Waals surface area contributed by atoms with E-state index in [0.29, 0.717) is 5.92 Å². The minimum atomic E-state index is 0.190. The van der Waals surface area contributed by atoms with E-state index in [1.807, 2.05) is 18.2 Å². The quantitative estimate of drug-likeness (QED) is 0.831. The first kappa shape index (κ1) is 12.6. The molecule has 1 N–H and O–H groups in total. The zero-order chi connectivity index (χ0) is 12.3. The van der Waals surface area contributed by atoms with Crippen LogP contribution in [0.5, 0.6) is 0 Å². The average molecular weight is 296 g/mol. The number of carbonyl (C=O) groups excluding carboxylic acids is 1. The Morgan fingerprint density at radius 1 is 1.47 bits per heavy atom. The van der Waals surface area contributed by atoms with Crippen LogP contribution >= 0.6 is 15.9 Å². The average Bonchev–Trinajstić information content (AvgIpc) is 3.10. The molecule has 3 heteroatoms. The molecule has 0 bridgehead atoms. The molecular weight excluding hydrogens is 278 g/mol. The van der Waals surface area contributed by atoms with Gasteiger partial charge in [-0.15, -0.1) is 0 Å². The van der Waals surface area contributed by atoms with Gasteiger partial charge in [0, 0.05) is 17.3 Å². The molecule has 17 heavy (non-hydrogen) atoms. The fourth-order valence-corrected chi connectivity index (χ4v) is 2.83. The summed E-state index contributed by atoms with van der Waals surface area (Å²) in [6, 6.07) is 10.6. The number of alkyl halides is 1. The molecule has 1 fully saturated rings. The van der Waals surface area contributed by atoms with Crippen LogP contribution in [0.1, 0.15) is 31.2 Å². The van der Waals surface area contributed by atoms with Gasteiger partial charge in [-0.1, -0.05) is 46.3 Å². The van der Waals surface area contributed by atoms with Crippen molar-refractivity contribution in [1.29, 1.82) is 0 Å². The van der Waals surface area contributed by atoms with E-state index < -0.39 is 0 Å². The zero-order valence-electron chi connectivity index (χ0n) is 10.0. The van der Waals surface area contributed by atoms with Gasteiger partial charge in [-0.05, 0) is 31.2 Å². The summed E-state index contributed by atoms with van der Waals surface area (Å²) < 4.78 is 0. The highest BCUT2D eigenvalue weighted by atomic mass is 79.9. The van der Waals surface area contributed by atoms with Gasteiger partial charge in [0.1, 0.15) is 0 Å². The van der Waals surface area contributed by atoms with Crippen LogP contribution in [0.2, 0.25) is 0 Å². The molecule has 0 aromatic heterocycles. The summed E-state index contributed by atoms with van der Waals surface area (Å²) in [5.74, 6) is 0.842. The number of hydrogen-bond acceptors (Lipinski definition) is 1. The molecule has 0 saturated heterocycles. The summed E-state index contributed by atoms with van der Waals surface area (Å²) in [6.07, 6.45) is 1.98. The van der Waals surface area contributed by atoms with Crippen LogP contribution in [0.15, 0.2) is 30.3 Å². The van der Waals surface area contributed by atoms with E-state index in [1.54, 1.807) is 0 Å². The molecule has 1 aromatic rings. The second kappa shape index (κ2) is 5.67. The lowest BCUT2D eigenvalue weighted by molar-refractivity contribution is -0.123. The molecule has 3 unspecified atom stereocenters. The Morgan fingerprint density at radius 2 is 2.18 bits per heavy atom. The van der Waals surface area contributed by atoms with E-state index in [-0.39, 0.29) is 17.9 Å². The van der Waals surface area contributed by atoms with Gasteiger partial charge in [0.15, 0.2) is 0 Å². The highest BCUT2D eigenvalue weighted by molar-refractivity contribution is 9.09. The number of amides is 1. The zero-order valence-corrected chi connectivity index (χ0v) is 11.6. The van der Waals surface area contributed by atoms with E-state index in [2.05, 4.69) is 40.3 Å². The molecule has 0 aliphatic heterocycles. The van der Waals surface area contributed by atoms with Crippen molar-refractivity contribution >= 4 is 21.8 Å². The van der Waals surface area contributed by atoms with Crippen molar-refractivity contribution < 1.29 is 4.79 Å². The number of hydrogen-bond donors (Lipinski definition) is 1. The van der Waals surface area contributed by atoms with Gasteiger partial charge in [0.25, 0.3) is 0 Å². The van der Waals surface area contributed by atoms with Gasteiger partial charge in [0.05, 0.1) is 0 Å². The monoisotopic (exact) mass is 295 g/mol. The fraction of sp³-hybridized carbons (Fsp3) is 0.500. The fourth-order valence-electron chi connectivity index (χ4n) is 2.14. The standard InChI is InChI=1S/C14H18BrNO/c1-10(7-8-15)16-14(17)13-9-12(13)11-5-3-2-4-6-11/h2-6,10,12-13H,7-9H2,1H3,(H,16,17). The van der Waals surface area contributed by atoms with Crippen molar-refractivity contribution in [3.63, 3.8) is 0 Å². The molecule has 1 amide bonds. The van der Waals surface area contributed by atoms with Gasteiger partial charge >= 0.3 is 0 Å². The Kier molecular flexibility index (Phi) is 4.21. The van der Waals surface area contributed by atoms with E-state index >= 15 is 0 Å². The molecule has 1 saturated carbocycles. The van der Waals surface area contributed by atoms with Gasteiger partial charge in [-0.2, -0.15) is 0 Å². The third-order valence-electron chi connectivity index (χ3n) is 3.29. The van der Waals surface area contributed by atoms with Crippen LogP contribution < -0.4 is 5.32 Å². The molecule has 0 heterocycles. The lowest BCUT2D eigenvalue weighted by Crippen LogP contribution is -2.34. The van der Waals surface area contributed by atoms with Crippen molar-refractivity contribution in [2.75, 3.05) is 5.33 Å². The van der Waals surface area contributed by atoms with E-state index in [0.717, 1.165) is 18.2 Å². The molecule has 3 atom stereocenters. The largest absolute Gasteiger partial charge is 0.353 e. The predicted molar refractivity (Wildman–Crippen MR) is 73.3 cm³/mol. The van der Waals surface area contributed by atoms with E-state index in [1.165, 1.54) is 5.56 Å². The van der Waals surface area contributed by atoms with Crippen molar-refractivity contribution in [1.82, 2.24) is 5.32 Å². The minimum Gasteiger partial charge on any atom is -0.353 e. The highest BCUT2D eigenvalue weighted by Crippen LogP contribution is 2.47. The number of rotatable bonds is 5. The van der Waals surface area contributed by atoms with E-state index in [4.69, 9.17) is 0 Å². The molecule has 0 radical (unpaired) electrons. The number of halogens is 1. The minimum absolute atomic E-state index is 0.190. The predicted octanol–water partition coefficient (Wildman–Crippen LogP) is 3.08. The van der Waals surface area contributed by atoms with Crippen LogP contribution in [-0.4, -0.2) is 17.3 Å². The third kappa shape index (κ3) is 3.32. The van der Waals surface area contributed by atoms with Crippen LogP contribution in [0.25, 0.3) is 0 Å². The molecule has 2 nitrogen and oxygen atoms in total. The second-order valence-corrected chi connectivity index (χ2v) is 5.54. The molecule has 2 rings (SSSR count). The first-order chi connectivity index (χ1) is 8.22. The van der Waals surface area contributed by atoms with Crippen LogP contribution in [0.3, 0.4) is 0 Å². The van der Waals surface area contributed by atoms with Crippen molar-refractivity contribution in [3.8, 4) is 0 Å². The molecule has 1 aliphatic carbocycles. The highest BCUT2D eigenvalue weighted by Gasteiger charge is 2.43.